The fraction of sp³-hybridized carbons (Fsp3) is 0.350. The molecule has 0 aliphatic carbocycles. The summed E-state index contributed by atoms with van der Waals surface area (Å²) in [4.78, 5) is 26.1. The lowest BCUT2D eigenvalue weighted by Gasteiger charge is -2.29. The molecule has 0 aromatic carbocycles. The van der Waals surface area contributed by atoms with Gasteiger partial charge in [-0.15, -0.1) is 11.3 Å². The molecule has 150 valence electrons. The highest BCUT2D eigenvalue weighted by molar-refractivity contribution is 7.17. The van der Waals surface area contributed by atoms with Crippen LogP contribution < -0.4 is 16.0 Å². The maximum Gasteiger partial charge on any atom is 0.270 e. The molecule has 5 rings (SSSR count). The van der Waals surface area contributed by atoms with Crippen LogP contribution in [0.2, 0.25) is 0 Å². The van der Waals surface area contributed by atoms with Crippen molar-refractivity contribution in [1.82, 2.24) is 20.2 Å². The van der Waals surface area contributed by atoms with Crippen molar-refractivity contribution >= 4 is 23.1 Å². The van der Waals surface area contributed by atoms with Crippen LogP contribution in [0.15, 0.2) is 36.2 Å². The maximum atomic E-state index is 14.8. The number of carbonyl (C=O) groups excluding carboxylic acids is 1. The second kappa shape index (κ2) is 7.23. The first-order chi connectivity index (χ1) is 14.1. The summed E-state index contributed by atoms with van der Waals surface area (Å²) < 4.78 is 14.8. The zero-order chi connectivity index (χ0) is 20.0. The maximum absolute atomic E-state index is 14.8. The molecule has 1 unspecified atom stereocenters. The smallest absolute Gasteiger partial charge is 0.270 e. The van der Waals surface area contributed by atoms with Gasteiger partial charge in [0.2, 0.25) is 5.95 Å². The molecular weight excluding hydrogens is 391 g/mol. The van der Waals surface area contributed by atoms with Gasteiger partial charge in [-0.2, -0.15) is 4.39 Å². The molecule has 9 heteroatoms. The van der Waals surface area contributed by atoms with Gasteiger partial charge in [0.1, 0.15) is 15.7 Å². The highest BCUT2D eigenvalue weighted by Crippen LogP contribution is 2.34. The summed E-state index contributed by atoms with van der Waals surface area (Å²) in [6, 6.07) is 3.56. The molecule has 0 saturated carbocycles. The lowest BCUT2D eigenvalue weighted by Crippen LogP contribution is -2.40. The number of hydrogen-bond acceptors (Lipinski definition) is 7. The number of fused-ring (bicyclic) bond motifs is 1. The molecule has 1 fully saturated rings. The molecule has 1 atom stereocenters. The number of amides is 1. The molecule has 5 heterocycles. The lowest BCUT2D eigenvalue weighted by molar-refractivity contribution is 0.0800. The van der Waals surface area contributed by atoms with Gasteiger partial charge in [0.25, 0.3) is 5.91 Å². The van der Waals surface area contributed by atoms with Crippen LogP contribution in [0, 0.1) is 5.95 Å². The van der Waals surface area contributed by atoms with E-state index in [2.05, 4.69) is 20.2 Å². The number of hydrogen-bond donors (Lipinski definition) is 2. The van der Waals surface area contributed by atoms with E-state index < -0.39 is 5.95 Å². The fourth-order valence-corrected chi connectivity index (χ4v) is 4.98. The molecule has 1 saturated heterocycles. The molecule has 2 aromatic rings. The average molecular weight is 412 g/mol. The van der Waals surface area contributed by atoms with Crippen molar-refractivity contribution in [1.29, 1.82) is 0 Å². The molecule has 7 nitrogen and oxygen atoms in total. The number of nitrogens with zero attached hydrogens (tertiary/aromatic N) is 4. The number of nitrogens with one attached hydrogen (secondary N) is 1. The SMILES string of the molecule is NC1C=C(N2CCc3nc(-c4ccc(N5CCCC5)nc4F)sc3C2=O)C=CN1. The molecule has 0 radical (unpaired) electrons. The number of dihydropyridines is 1. The number of allylic oxidation sites excluding steroid dienone is 1. The van der Waals surface area contributed by atoms with E-state index in [9.17, 15) is 9.18 Å². The number of pyridine rings is 1. The Hall–Kier alpha value is -2.78. The molecule has 3 aliphatic rings. The van der Waals surface area contributed by atoms with Gasteiger partial charge in [0.15, 0.2) is 0 Å². The van der Waals surface area contributed by atoms with Crippen LogP contribution in [0.25, 0.3) is 10.6 Å². The Labute approximate surface area is 171 Å². The third-order valence-electron chi connectivity index (χ3n) is 5.41. The van der Waals surface area contributed by atoms with Crippen molar-refractivity contribution in [3.05, 3.63) is 52.7 Å². The van der Waals surface area contributed by atoms with Crippen molar-refractivity contribution < 1.29 is 9.18 Å². The number of thiazole rings is 1. The van der Waals surface area contributed by atoms with Crippen molar-refractivity contribution in [3.63, 3.8) is 0 Å². The summed E-state index contributed by atoms with van der Waals surface area (Å²) in [5.41, 5.74) is 7.72. The highest BCUT2D eigenvalue weighted by atomic mass is 32.1. The normalized spacial score (nSPS) is 21.2. The van der Waals surface area contributed by atoms with Crippen LogP contribution in [0.3, 0.4) is 0 Å². The molecule has 0 spiro atoms. The first-order valence-electron chi connectivity index (χ1n) is 9.73. The van der Waals surface area contributed by atoms with Gasteiger partial charge < -0.3 is 20.9 Å². The van der Waals surface area contributed by atoms with E-state index in [0.717, 1.165) is 37.3 Å². The average Bonchev–Trinajstić information content (AvgIpc) is 3.38. The Morgan fingerprint density at radius 3 is 2.79 bits per heavy atom. The zero-order valence-corrected chi connectivity index (χ0v) is 16.6. The van der Waals surface area contributed by atoms with Gasteiger partial charge in [-0.3, -0.25) is 4.79 Å². The van der Waals surface area contributed by atoms with Gasteiger partial charge in [-0.05, 0) is 43.3 Å². The van der Waals surface area contributed by atoms with Gasteiger partial charge in [0, 0.05) is 31.8 Å². The van der Waals surface area contributed by atoms with Crippen molar-refractivity contribution in [2.24, 2.45) is 5.73 Å². The molecule has 1 amide bonds. The number of rotatable bonds is 3. The van der Waals surface area contributed by atoms with Crippen LogP contribution in [0.5, 0.6) is 0 Å². The second-order valence-corrected chi connectivity index (χ2v) is 8.32. The minimum atomic E-state index is -0.542. The minimum Gasteiger partial charge on any atom is -0.373 e. The van der Waals surface area contributed by atoms with Crippen LogP contribution in [-0.4, -0.2) is 46.6 Å². The Morgan fingerprint density at radius 2 is 2.03 bits per heavy atom. The highest BCUT2D eigenvalue weighted by Gasteiger charge is 2.31. The predicted octanol–water partition coefficient (Wildman–Crippen LogP) is 2.23. The van der Waals surface area contributed by atoms with E-state index >= 15 is 0 Å². The standard InChI is InChI=1S/C20H21FN6OS/c21-18-13(3-4-16(25-18)26-8-1-2-9-26)19-24-14-6-10-27(20(28)17(14)29-19)12-5-7-23-15(22)11-12/h3-5,7,11,15,23H,1-2,6,8-10,22H2. The summed E-state index contributed by atoms with van der Waals surface area (Å²) >= 11 is 1.22. The molecular formula is C20H21FN6OS. The first-order valence-corrected chi connectivity index (χ1v) is 10.6. The van der Waals surface area contributed by atoms with E-state index in [-0.39, 0.29) is 12.1 Å². The predicted molar refractivity (Wildman–Crippen MR) is 110 cm³/mol. The largest absolute Gasteiger partial charge is 0.373 e. The second-order valence-electron chi connectivity index (χ2n) is 7.32. The van der Waals surface area contributed by atoms with E-state index in [1.165, 1.54) is 11.3 Å². The molecule has 3 aliphatic heterocycles. The molecule has 3 N–H and O–H groups in total. The monoisotopic (exact) mass is 412 g/mol. The Balaban J connectivity index is 1.43. The zero-order valence-electron chi connectivity index (χ0n) is 15.8. The molecule has 2 aromatic heterocycles. The van der Waals surface area contributed by atoms with Crippen molar-refractivity contribution in [2.75, 3.05) is 24.5 Å². The van der Waals surface area contributed by atoms with E-state index in [1.807, 2.05) is 18.2 Å². The van der Waals surface area contributed by atoms with Crippen molar-refractivity contribution in [2.45, 2.75) is 25.4 Å². The lowest BCUT2D eigenvalue weighted by atomic mass is 10.1. The third-order valence-corrected chi connectivity index (χ3v) is 6.53. The summed E-state index contributed by atoms with van der Waals surface area (Å²) in [5, 5.41) is 3.46. The van der Waals surface area contributed by atoms with Gasteiger partial charge in [-0.1, -0.05) is 0 Å². The third kappa shape index (κ3) is 3.30. The number of nitrogens with two attached hydrogens (primary N) is 1. The van der Waals surface area contributed by atoms with Gasteiger partial charge in [0.05, 0.1) is 17.4 Å². The number of anilines is 1. The van der Waals surface area contributed by atoms with E-state index in [0.29, 0.717) is 34.2 Å². The van der Waals surface area contributed by atoms with Crippen LogP contribution in [0.1, 0.15) is 28.2 Å². The van der Waals surface area contributed by atoms with E-state index in [4.69, 9.17) is 5.73 Å². The summed E-state index contributed by atoms with van der Waals surface area (Å²) in [5.74, 6) is -0.00452. The summed E-state index contributed by atoms with van der Waals surface area (Å²) in [7, 11) is 0. The number of carbonyl (C=O) groups is 1. The molecule has 29 heavy (non-hydrogen) atoms. The van der Waals surface area contributed by atoms with Crippen LogP contribution in [0.4, 0.5) is 10.2 Å². The van der Waals surface area contributed by atoms with E-state index in [1.54, 1.807) is 17.2 Å². The van der Waals surface area contributed by atoms with Gasteiger partial charge in [-0.25, -0.2) is 9.97 Å². The van der Waals surface area contributed by atoms with Crippen LogP contribution >= 0.6 is 11.3 Å². The fourth-order valence-electron chi connectivity index (χ4n) is 3.91. The number of halogens is 1. The number of aromatic nitrogens is 2. The Bertz CT molecular complexity index is 1030. The first kappa shape index (κ1) is 18.3. The Kier molecular flexibility index (Phi) is 4.56. The van der Waals surface area contributed by atoms with Gasteiger partial charge >= 0.3 is 0 Å². The Morgan fingerprint density at radius 1 is 1.21 bits per heavy atom. The quantitative estimate of drug-likeness (QED) is 0.752. The summed E-state index contributed by atoms with van der Waals surface area (Å²) in [6.45, 7) is 2.34. The van der Waals surface area contributed by atoms with Crippen molar-refractivity contribution in [3.8, 4) is 10.6 Å². The minimum absolute atomic E-state index is 0.123. The molecule has 0 bridgehead atoms. The van der Waals surface area contributed by atoms with Crippen LogP contribution in [-0.2, 0) is 6.42 Å². The topological polar surface area (TPSA) is 87.4 Å². The summed E-state index contributed by atoms with van der Waals surface area (Å²) in [6.07, 6.45) is 7.89.